The molecule has 1 amide bonds. The predicted molar refractivity (Wildman–Crippen MR) is 94.4 cm³/mol. The summed E-state index contributed by atoms with van der Waals surface area (Å²) in [6.45, 7) is 1.83. The van der Waals surface area contributed by atoms with E-state index in [9.17, 15) is 18.4 Å². The van der Waals surface area contributed by atoms with E-state index >= 15 is 0 Å². The van der Waals surface area contributed by atoms with Crippen LogP contribution in [0.25, 0.3) is 10.9 Å². The van der Waals surface area contributed by atoms with E-state index in [0.717, 1.165) is 16.8 Å². The minimum absolute atomic E-state index is 0.0213. The number of nitrogens with zero attached hydrogens (tertiary/aromatic N) is 2. The number of carbonyl (C=O) groups is 1. The third kappa shape index (κ3) is 3.61. The molecule has 3 aromatic rings. The Morgan fingerprint density at radius 1 is 1.15 bits per heavy atom. The fourth-order valence-corrected chi connectivity index (χ4v) is 2.66. The van der Waals surface area contributed by atoms with Crippen LogP contribution in [0.2, 0.25) is 0 Å². The van der Waals surface area contributed by atoms with E-state index in [4.69, 9.17) is 0 Å². The average Bonchev–Trinajstić information content (AvgIpc) is 2.65. The molecule has 1 aromatic heterocycles. The van der Waals surface area contributed by atoms with Gasteiger partial charge < -0.3 is 0 Å². The second kappa shape index (κ2) is 7.43. The van der Waals surface area contributed by atoms with Gasteiger partial charge in [0.05, 0.1) is 10.9 Å². The lowest BCUT2D eigenvalue weighted by Gasteiger charge is -2.13. The van der Waals surface area contributed by atoms with Gasteiger partial charge in [-0.1, -0.05) is 25.1 Å². The molecular weight excluding hydrogens is 340 g/mol. The second-order valence-electron chi connectivity index (χ2n) is 5.82. The Labute approximate surface area is 148 Å². The first-order valence-electron chi connectivity index (χ1n) is 8.24. The van der Waals surface area contributed by atoms with E-state index < -0.39 is 17.5 Å². The van der Waals surface area contributed by atoms with Gasteiger partial charge in [-0.15, -0.1) is 0 Å². The molecule has 2 aromatic carbocycles. The summed E-state index contributed by atoms with van der Waals surface area (Å²) in [5, 5.41) is 0.408. The van der Waals surface area contributed by atoms with E-state index in [1.807, 2.05) is 6.92 Å². The van der Waals surface area contributed by atoms with Gasteiger partial charge in [-0.25, -0.2) is 18.4 Å². The number of benzene rings is 2. The van der Waals surface area contributed by atoms with Crippen LogP contribution in [0, 0.1) is 11.6 Å². The van der Waals surface area contributed by atoms with E-state index in [2.05, 4.69) is 10.4 Å². The van der Waals surface area contributed by atoms with Crippen molar-refractivity contribution in [3.8, 4) is 0 Å². The largest absolute Gasteiger partial charge is 0.280 e. The summed E-state index contributed by atoms with van der Waals surface area (Å²) < 4.78 is 27.3. The van der Waals surface area contributed by atoms with Crippen LogP contribution < -0.4 is 11.0 Å². The first-order valence-corrected chi connectivity index (χ1v) is 8.24. The Kier molecular flexibility index (Phi) is 5.06. The number of fused-ring (bicyclic) bond motifs is 1. The van der Waals surface area contributed by atoms with Gasteiger partial charge in [0.15, 0.2) is 11.6 Å². The number of aromatic nitrogens is 2. The second-order valence-corrected chi connectivity index (χ2v) is 5.82. The molecule has 0 spiro atoms. The van der Waals surface area contributed by atoms with Crippen molar-refractivity contribution in [2.75, 3.05) is 5.43 Å². The van der Waals surface area contributed by atoms with Crippen LogP contribution in [-0.2, 0) is 17.6 Å². The highest BCUT2D eigenvalue weighted by Gasteiger charge is 2.12. The van der Waals surface area contributed by atoms with Crippen molar-refractivity contribution >= 4 is 16.8 Å². The van der Waals surface area contributed by atoms with Crippen molar-refractivity contribution < 1.29 is 13.6 Å². The van der Waals surface area contributed by atoms with Crippen LogP contribution in [0.3, 0.4) is 0 Å². The predicted octanol–water partition coefficient (Wildman–Crippen LogP) is 2.94. The molecule has 0 bridgehead atoms. The molecular formula is C19H17F2N3O2. The summed E-state index contributed by atoms with van der Waals surface area (Å²) in [7, 11) is 0. The molecule has 0 aliphatic heterocycles. The van der Waals surface area contributed by atoms with Crippen molar-refractivity contribution in [2.45, 2.75) is 26.2 Å². The van der Waals surface area contributed by atoms with Gasteiger partial charge in [0.2, 0.25) is 5.91 Å². The molecule has 0 aliphatic rings. The zero-order valence-electron chi connectivity index (χ0n) is 14.1. The zero-order chi connectivity index (χ0) is 18.7. The lowest BCUT2D eigenvalue weighted by Crippen LogP contribution is -2.36. The Morgan fingerprint density at radius 2 is 1.92 bits per heavy atom. The number of nitrogens with one attached hydrogen (secondary N) is 1. The first kappa shape index (κ1) is 17.7. The molecule has 0 radical (unpaired) electrons. The molecule has 0 aliphatic carbocycles. The van der Waals surface area contributed by atoms with E-state index in [0.29, 0.717) is 28.7 Å². The number of halogens is 2. The maximum Gasteiger partial charge on any atom is 0.280 e. The Morgan fingerprint density at radius 3 is 2.65 bits per heavy atom. The first-order chi connectivity index (χ1) is 12.5. The van der Waals surface area contributed by atoms with Gasteiger partial charge in [-0.2, -0.15) is 0 Å². The molecule has 0 saturated carbocycles. The Bertz CT molecular complexity index is 1030. The summed E-state index contributed by atoms with van der Waals surface area (Å²) >= 11 is 0. The van der Waals surface area contributed by atoms with E-state index in [-0.39, 0.29) is 18.4 Å². The minimum atomic E-state index is -0.953. The zero-order valence-corrected chi connectivity index (χ0v) is 14.1. The van der Waals surface area contributed by atoms with Crippen molar-refractivity contribution in [3.63, 3.8) is 0 Å². The van der Waals surface area contributed by atoms with Crippen molar-refractivity contribution in [2.24, 2.45) is 0 Å². The lowest BCUT2D eigenvalue weighted by atomic mass is 10.1. The molecule has 26 heavy (non-hydrogen) atoms. The quantitative estimate of drug-likeness (QED) is 0.764. The van der Waals surface area contributed by atoms with Crippen molar-refractivity contribution in [1.29, 1.82) is 0 Å². The van der Waals surface area contributed by atoms with Gasteiger partial charge in [-0.3, -0.25) is 15.0 Å². The molecule has 0 atom stereocenters. The Balaban J connectivity index is 1.79. The van der Waals surface area contributed by atoms with Crippen LogP contribution in [0.5, 0.6) is 0 Å². The highest BCUT2D eigenvalue weighted by atomic mass is 19.2. The third-order valence-electron chi connectivity index (χ3n) is 4.02. The molecule has 1 N–H and O–H groups in total. The molecule has 3 rings (SSSR count). The lowest BCUT2D eigenvalue weighted by molar-refractivity contribution is -0.117. The number of para-hydroxylation sites is 1. The average molecular weight is 357 g/mol. The van der Waals surface area contributed by atoms with Gasteiger partial charge in [0, 0.05) is 12.8 Å². The maximum atomic E-state index is 13.2. The molecule has 5 nitrogen and oxygen atoms in total. The highest BCUT2D eigenvalue weighted by Crippen LogP contribution is 2.11. The van der Waals surface area contributed by atoms with Crippen LogP contribution in [0.1, 0.15) is 24.7 Å². The van der Waals surface area contributed by atoms with Gasteiger partial charge in [-0.05, 0) is 36.2 Å². The fourth-order valence-electron chi connectivity index (χ4n) is 2.66. The van der Waals surface area contributed by atoms with Gasteiger partial charge in [0.1, 0.15) is 5.82 Å². The summed E-state index contributed by atoms with van der Waals surface area (Å²) in [6, 6.07) is 10.4. The number of aryl methyl sites for hydroxylation is 2. The molecule has 0 unspecified atom stereocenters. The van der Waals surface area contributed by atoms with Crippen molar-refractivity contribution in [1.82, 2.24) is 9.66 Å². The SMILES string of the molecule is CCc1nc2ccccc2c(=O)n1NC(=O)CCc1ccc(F)c(F)c1. The Hall–Kier alpha value is -3.09. The summed E-state index contributed by atoms with van der Waals surface area (Å²) in [6.07, 6.45) is 0.706. The molecule has 0 fully saturated rings. The summed E-state index contributed by atoms with van der Waals surface area (Å²) in [4.78, 5) is 29.2. The molecule has 7 heteroatoms. The summed E-state index contributed by atoms with van der Waals surface area (Å²) in [5.41, 5.74) is 3.27. The smallest absolute Gasteiger partial charge is 0.273 e. The van der Waals surface area contributed by atoms with Crippen molar-refractivity contribution in [3.05, 3.63) is 75.8 Å². The van der Waals surface area contributed by atoms with Gasteiger partial charge >= 0.3 is 0 Å². The van der Waals surface area contributed by atoms with E-state index in [1.165, 1.54) is 6.07 Å². The molecule has 0 saturated heterocycles. The van der Waals surface area contributed by atoms with Gasteiger partial charge in [0.25, 0.3) is 5.56 Å². The molecule has 134 valence electrons. The molecule has 1 heterocycles. The minimum Gasteiger partial charge on any atom is -0.273 e. The standard InChI is InChI=1S/C19H17F2N3O2/c1-2-17-22-16-6-4-3-5-13(16)19(26)24(17)23-18(25)10-8-12-7-9-14(20)15(21)11-12/h3-7,9,11H,2,8,10H2,1H3,(H,23,25). The normalized spacial score (nSPS) is 10.9. The number of carbonyl (C=O) groups excluding carboxylic acids is 1. The van der Waals surface area contributed by atoms with Crippen LogP contribution in [-0.4, -0.2) is 15.6 Å². The fraction of sp³-hybridized carbons (Fsp3) is 0.211. The maximum absolute atomic E-state index is 13.2. The number of amides is 1. The monoisotopic (exact) mass is 357 g/mol. The highest BCUT2D eigenvalue weighted by molar-refractivity contribution is 5.84. The number of rotatable bonds is 5. The number of hydrogen-bond acceptors (Lipinski definition) is 3. The van der Waals surface area contributed by atoms with Crippen LogP contribution >= 0.6 is 0 Å². The van der Waals surface area contributed by atoms with Crippen LogP contribution in [0.4, 0.5) is 8.78 Å². The summed E-state index contributed by atoms with van der Waals surface area (Å²) in [5.74, 6) is -1.86. The van der Waals surface area contributed by atoms with E-state index in [1.54, 1.807) is 24.3 Å². The third-order valence-corrected chi connectivity index (χ3v) is 4.02. The number of hydrogen-bond donors (Lipinski definition) is 1. The van der Waals surface area contributed by atoms with Crippen LogP contribution in [0.15, 0.2) is 47.3 Å². The topological polar surface area (TPSA) is 64.0 Å².